The summed E-state index contributed by atoms with van der Waals surface area (Å²) >= 11 is 8.67. The Kier molecular flexibility index (Phi) is 8.10. The topological polar surface area (TPSA) is 44.3 Å². The van der Waals surface area contributed by atoms with E-state index in [1.54, 1.807) is 0 Å². The van der Waals surface area contributed by atoms with Gasteiger partial charge in [-0.15, -0.1) is 4.72 Å². The smallest absolute Gasteiger partial charge is 0.192 e. The van der Waals surface area contributed by atoms with Crippen LogP contribution in [-0.4, -0.2) is 24.2 Å². The van der Waals surface area contributed by atoms with Crippen molar-refractivity contribution in [3.8, 4) is 0 Å². The molecule has 1 aromatic rings. The van der Waals surface area contributed by atoms with Crippen molar-refractivity contribution in [2.45, 2.75) is 70.5 Å². The summed E-state index contributed by atoms with van der Waals surface area (Å²) in [6.07, 6.45) is 0. The molecular weight excluding hydrogens is 438 g/mol. The lowest BCUT2D eigenvalue weighted by Crippen LogP contribution is -2.46. The van der Waals surface area contributed by atoms with Crippen molar-refractivity contribution in [1.82, 2.24) is 4.72 Å². The van der Waals surface area contributed by atoms with Crippen LogP contribution in [0.1, 0.15) is 53.1 Å². The standard InChI is InChI=1S/C18H31BrClNO2SSi/c1-17(2,3)24(22)21-16(12-23-25(7,8)18(4,5)6)14-10-9-13(19)11-15(14)20/h9-11,16,21H,12H2,1-8H3/t16-,24?/m1/s1. The molecule has 1 N–H and O–H groups in total. The van der Waals surface area contributed by atoms with Crippen LogP contribution in [0.2, 0.25) is 23.2 Å². The van der Waals surface area contributed by atoms with Gasteiger partial charge in [-0.05, 0) is 56.6 Å². The Morgan fingerprint density at radius 3 is 2.24 bits per heavy atom. The second kappa shape index (κ2) is 8.63. The maximum Gasteiger partial charge on any atom is 0.192 e. The summed E-state index contributed by atoms with van der Waals surface area (Å²) in [6.45, 7) is 17.4. The normalized spacial score (nSPS) is 16.0. The summed E-state index contributed by atoms with van der Waals surface area (Å²) < 4.78 is 22.8. The Morgan fingerprint density at radius 1 is 1.24 bits per heavy atom. The van der Waals surface area contributed by atoms with Gasteiger partial charge in [0.1, 0.15) is 10.8 Å². The molecule has 0 aliphatic carbocycles. The number of rotatable bonds is 6. The molecule has 144 valence electrons. The monoisotopic (exact) mass is 467 g/mol. The Bertz CT molecular complexity index is 587. The zero-order valence-corrected chi connectivity index (χ0v) is 20.7. The van der Waals surface area contributed by atoms with Gasteiger partial charge in [0.2, 0.25) is 0 Å². The average Bonchev–Trinajstić information content (AvgIpc) is 2.41. The third-order valence-corrected chi connectivity index (χ3v) is 11.5. The lowest BCUT2D eigenvalue weighted by Gasteiger charge is -2.38. The van der Waals surface area contributed by atoms with Crippen LogP contribution in [0.3, 0.4) is 0 Å². The molecule has 0 radical (unpaired) electrons. The van der Waals surface area contributed by atoms with E-state index in [2.05, 4.69) is 54.5 Å². The molecule has 0 saturated carbocycles. The molecule has 1 unspecified atom stereocenters. The predicted octanol–water partition coefficient (Wildman–Crippen LogP) is 6.22. The van der Waals surface area contributed by atoms with E-state index in [0.717, 1.165) is 10.0 Å². The van der Waals surface area contributed by atoms with Crippen LogP contribution in [0.15, 0.2) is 22.7 Å². The van der Waals surface area contributed by atoms with E-state index in [4.69, 9.17) is 16.0 Å². The molecule has 0 bridgehead atoms. The van der Waals surface area contributed by atoms with E-state index in [-0.39, 0.29) is 15.8 Å². The molecule has 0 spiro atoms. The van der Waals surface area contributed by atoms with E-state index < -0.39 is 19.7 Å². The van der Waals surface area contributed by atoms with Crippen LogP contribution in [0.5, 0.6) is 0 Å². The summed E-state index contributed by atoms with van der Waals surface area (Å²) in [5, 5.41) is 0.751. The van der Waals surface area contributed by atoms with Gasteiger partial charge in [-0.25, -0.2) is 0 Å². The van der Waals surface area contributed by atoms with Crippen LogP contribution in [0.25, 0.3) is 0 Å². The van der Waals surface area contributed by atoms with Gasteiger partial charge in [-0.3, -0.25) is 0 Å². The Balaban J connectivity index is 3.07. The molecule has 0 aliphatic heterocycles. The number of hydrogen-bond donors (Lipinski definition) is 1. The van der Waals surface area contributed by atoms with Gasteiger partial charge in [0.15, 0.2) is 8.32 Å². The van der Waals surface area contributed by atoms with Crippen LogP contribution in [-0.2, 0) is 15.8 Å². The SMILES string of the molecule is CC(C)(C)[S+]([O-])N[C@H](CO[Si](C)(C)C(C)(C)C)c1ccc(Br)cc1Cl. The molecule has 2 atom stereocenters. The summed E-state index contributed by atoms with van der Waals surface area (Å²) in [7, 11) is -1.92. The maximum absolute atomic E-state index is 12.7. The highest BCUT2D eigenvalue weighted by Gasteiger charge is 2.39. The van der Waals surface area contributed by atoms with Crippen LogP contribution in [0.4, 0.5) is 0 Å². The second-order valence-electron chi connectivity index (χ2n) is 8.79. The Labute approximate surface area is 170 Å². The van der Waals surface area contributed by atoms with Gasteiger partial charge in [0.25, 0.3) is 0 Å². The molecule has 7 heteroatoms. The van der Waals surface area contributed by atoms with E-state index in [9.17, 15) is 4.55 Å². The maximum atomic E-state index is 12.7. The summed E-state index contributed by atoms with van der Waals surface area (Å²) in [4.78, 5) is 0. The van der Waals surface area contributed by atoms with Crippen molar-refractivity contribution in [1.29, 1.82) is 0 Å². The molecule has 0 saturated heterocycles. The molecule has 0 heterocycles. The van der Waals surface area contributed by atoms with Gasteiger partial charge >= 0.3 is 0 Å². The fourth-order valence-electron chi connectivity index (χ4n) is 1.79. The van der Waals surface area contributed by atoms with Crippen LogP contribution in [0, 0.1) is 0 Å². The van der Waals surface area contributed by atoms with E-state index in [0.29, 0.717) is 11.6 Å². The highest BCUT2D eigenvalue weighted by atomic mass is 79.9. The summed E-state index contributed by atoms with van der Waals surface area (Å²) in [5.74, 6) is 0. The minimum absolute atomic E-state index is 0.115. The predicted molar refractivity (Wildman–Crippen MR) is 116 cm³/mol. The van der Waals surface area contributed by atoms with E-state index >= 15 is 0 Å². The van der Waals surface area contributed by atoms with Gasteiger partial charge in [0.05, 0.1) is 6.61 Å². The molecule has 1 rings (SSSR count). The average molecular weight is 469 g/mol. The quantitative estimate of drug-likeness (QED) is 0.398. The lowest BCUT2D eigenvalue weighted by molar-refractivity contribution is 0.256. The van der Waals surface area contributed by atoms with Crippen LogP contribution < -0.4 is 4.72 Å². The lowest BCUT2D eigenvalue weighted by atomic mass is 10.1. The third-order valence-electron chi connectivity index (χ3n) is 4.56. The number of benzene rings is 1. The summed E-state index contributed by atoms with van der Waals surface area (Å²) in [5.41, 5.74) is 0.904. The van der Waals surface area contributed by atoms with Crippen molar-refractivity contribution in [3.63, 3.8) is 0 Å². The van der Waals surface area contributed by atoms with Gasteiger partial charge in [-0.2, -0.15) is 0 Å². The fourth-order valence-corrected chi connectivity index (χ4v) is 4.41. The first-order chi connectivity index (χ1) is 11.1. The minimum Gasteiger partial charge on any atom is -0.598 e. The van der Waals surface area contributed by atoms with Crippen LogP contribution >= 0.6 is 27.5 Å². The largest absolute Gasteiger partial charge is 0.598 e. The molecule has 3 nitrogen and oxygen atoms in total. The van der Waals surface area contributed by atoms with Gasteiger partial charge in [-0.1, -0.05) is 54.4 Å². The zero-order valence-electron chi connectivity index (χ0n) is 16.5. The molecular formula is C18H31BrClNO2SSi. The van der Waals surface area contributed by atoms with Gasteiger partial charge in [0, 0.05) is 20.9 Å². The fraction of sp³-hybridized carbons (Fsp3) is 0.667. The zero-order chi connectivity index (χ0) is 19.6. The van der Waals surface area contributed by atoms with E-state index in [1.165, 1.54) is 0 Å². The van der Waals surface area contributed by atoms with Crippen molar-refractivity contribution in [2.75, 3.05) is 6.61 Å². The molecule has 0 amide bonds. The van der Waals surface area contributed by atoms with Crippen molar-refractivity contribution >= 4 is 47.2 Å². The van der Waals surface area contributed by atoms with Gasteiger partial charge < -0.3 is 8.98 Å². The first-order valence-corrected chi connectivity index (χ1v) is 13.6. The van der Waals surface area contributed by atoms with Crippen molar-refractivity contribution in [3.05, 3.63) is 33.3 Å². The molecule has 25 heavy (non-hydrogen) atoms. The molecule has 0 aromatic heterocycles. The minimum atomic E-state index is -1.92. The Hall–Kier alpha value is 0.437. The first kappa shape index (κ1) is 23.5. The summed E-state index contributed by atoms with van der Waals surface area (Å²) in [6, 6.07) is 5.54. The highest BCUT2D eigenvalue weighted by Crippen LogP contribution is 2.38. The van der Waals surface area contributed by atoms with Crippen molar-refractivity contribution in [2.24, 2.45) is 0 Å². The molecule has 1 aromatic carbocycles. The second-order valence-corrected chi connectivity index (χ2v) is 16.9. The molecule has 0 aliphatic rings. The number of nitrogens with one attached hydrogen (secondary N) is 1. The first-order valence-electron chi connectivity index (χ1n) is 8.42. The third kappa shape index (κ3) is 6.83. The number of hydrogen-bond acceptors (Lipinski definition) is 3. The van der Waals surface area contributed by atoms with Crippen molar-refractivity contribution < 1.29 is 8.98 Å². The number of halogens is 2. The molecule has 0 fully saturated rings. The highest BCUT2D eigenvalue weighted by molar-refractivity contribution is 9.10. The Morgan fingerprint density at radius 2 is 1.80 bits per heavy atom. The van der Waals surface area contributed by atoms with E-state index in [1.807, 2.05) is 39.0 Å².